The van der Waals surface area contributed by atoms with Crippen molar-refractivity contribution in [1.82, 2.24) is 15.3 Å². The van der Waals surface area contributed by atoms with Crippen LogP contribution in [0.25, 0.3) is 11.0 Å². The number of hydrogen-bond acceptors (Lipinski definition) is 6. The Morgan fingerprint density at radius 3 is 2.58 bits per heavy atom. The summed E-state index contributed by atoms with van der Waals surface area (Å²) < 4.78 is 63.2. The molecule has 0 saturated carbocycles. The maximum atomic E-state index is 15.2. The summed E-state index contributed by atoms with van der Waals surface area (Å²) in [5.74, 6) is -6.55. The highest BCUT2D eigenvalue weighted by atomic mass is 19.2. The average Bonchev–Trinajstić information content (AvgIpc) is 2.91. The minimum absolute atomic E-state index is 0.0357. The van der Waals surface area contributed by atoms with E-state index >= 15 is 4.39 Å². The standard InChI is InChI=1S/C26H19F4N5O3/c27-14-2-1-3-15(9-14)33-26(37)35-19-10-16(28)23(29)22(24(19)30)25(36)13-4-5-17-18(8-13)32-11-20(34-17)21-12-31-6-7-38-21/h1-5,8-11,21,31H,6-7,12H2,(H2,33,35,37). The van der Waals surface area contributed by atoms with Crippen molar-refractivity contribution >= 4 is 34.2 Å². The van der Waals surface area contributed by atoms with E-state index in [-0.39, 0.29) is 22.9 Å². The normalized spacial score (nSPS) is 15.3. The van der Waals surface area contributed by atoms with Gasteiger partial charge in [-0.05, 0) is 36.4 Å². The van der Waals surface area contributed by atoms with Gasteiger partial charge in [0, 0.05) is 30.4 Å². The Bertz CT molecular complexity index is 1560. The van der Waals surface area contributed by atoms with Crippen LogP contribution in [0.3, 0.4) is 0 Å². The van der Waals surface area contributed by atoms with Crippen molar-refractivity contribution in [2.45, 2.75) is 6.10 Å². The molecular weight excluding hydrogens is 506 g/mol. The fraction of sp³-hybridized carbons (Fsp3) is 0.154. The second-order valence-corrected chi connectivity index (χ2v) is 8.39. The van der Waals surface area contributed by atoms with E-state index in [0.29, 0.717) is 30.4 Å². The minimum Gasteiger partial charge on any atom is -0.369 e. The van der Waals surface area contributed by atoms with E-state index in [1.165, 1.54) is 36.5 Å². The van der Waals surface area contributed by atoms with E-state index in [2.05, 4.69) is 20.6 Å². The van der Waals surface area contributed by atoms with Gasteiger partial charge in [0.2, 0.25) is 0 Å². The molecule has 12 heteroatoms. The molecule has 0 spiro atoms. The SMILES string of the molecule is O=C(Nc1cccc(F)c1)Nc1cc(F)c(F)c(C(=O)c2ccc3nc(C4CNCCO4)cnc3c2)c1F. The monoisotopic (exact) mass is 525 g/mol. The number of rotatable bonds is 5. The lowest BCUT2D eigenvalue weighted by molar-refractivity contribution is 0.0250. The van der Waals surface area contributed by atoms with Crippen molar-refractivity contribution < 1.29 is 31.9 Å². The molecule has 1 unspecified atom stereocenters. The summed E-state index contributed by atoms with van der Waals surface area (Å²) in [6.07, 6.45) is 1.19. The van der Waals surface area contributed by atoms with Crippen molar-refractivity contribution in [2.24, 2.45) is 0 Å². The molecule has 0 radical (unpaired) electrons. The topological polar surface area (TPSA) is 105 Å². The number of carbonyl (C=O) groups excluding carboxylic acids is 2. The second kappa shape index (κ2) is 10.5. The number of morpholine rings is 1. The van der Waals surface area contributed by atoms with Gasteiger partial charge >= 0.3 is 6.03 Å². The molecule has 1 atom stereocenters. The van der Waals surface area contributed by atoms with Crippen molar-refractivity contribution in [3.8, 4) is 0 Å². The van der Waals surface area contributed by atoms with Crippen LogP contribution in [0.5, 0.6) is 0 Å². The second-order valence-electron chi connectivity index (χ2n) is 8.39. The summed E-state index contributed by atoms with van der Waals surface area (Å²) in [6, 6.07) is 8.21. The van der Waals surface area contributed by atoms with Crippen molar-refractivity contribution in [3.63, 3.8) is 0 Å². The molecule has 1 saturated heterocycles. The molecule has 1 aliphatic heterocycles. The van der Waals surface area contributed by atoms with Gasteiger partial charge in [-0.3, -0.25) is 9.78 Å². The first-order valence-electron chi connectivity index (χ1n) is 11.4. The fourth-order valence-electron chi connectivity index (χ4n) is 3.97. The van der Waals surface area contributed by atoms with Crippen LogP contribution in [0.1, 0.15) is 27.7 Å². The maximum absolute atomic E-state index is 15.2. The Morgan fingerprint density at radius 2 is 1.82 bits per heavy atom. The molecule has 8 nitrogen and oxygen atoms in total. The number of amides is 2. The van der Waals surface area contributed by atoms with E-state index in [1.54, 1.807) is 0 Å². The number of hydrogen-bond donors (Lipinski definition) is 3. The molecule has 3 N–H and O–H groups in total. The Labute approximate surface area is 213 Å². The van der Waals surface area contributed by atoms with E-state index in [9.17, 15) is 22.8 Å². The van der Waals surface area contributed by atoms with Gasteiger partial charge in [0.15, 0.2) is 23.2 Å². The first-order valence-corrected chi connectivity index (χ1v) is 11.4. The minimum atomic E-state index is -1.72. The third kappa shape index (κ3) is 5.17. The molecule has 194 valence electrons. The molecule has 0 aliphatic carbocycles. The Morgan fingerprint density at radius 1 is 0.974 bits per heavy atom. The summed E-state index contributed by atoms with van der Waals surface area (Å²) >= 11 is 0. The van der Waals surface area contributed by atoms with Crippen LogP contribution in [0.15, 0.2) is 54.7 Å². The van der Waals surface area contributed by atoms with Crippen LogP contribution in [-0.2, 0) is 4.74 Å². The predicted octanol–water partition coefficient (Wildman–Crippen LogP) is 4.72. The highest BCUT2D eigenvalue weighted by Gasteiger charge is 2.27. The summed E-state index contributed by atoms with van der Waals surface area (Å²) in [5.41, 5.74) is -0.845. The van der Waals surface area contributed by atoms with Crippen molar-refractivity contribution in [2.75, 3.05) is 30.3 Å². The highest BCUT2D eigenvalue weighted by molar-refractivity contribution is 6.11. The molecule has 38 heavy (non-hydrogen) atoms. The number of benzene rings is 3. The third-order valence-electron chi connectivity index (χ3n) is 5.79. The molecular formula is C26H19F4N5O3. The molecule has 1 fully saturated rings. The summed E-state index contributed by atoms with van der Waals surface area (Å²) in [5, 5.41) is 7.43. The number of urea groups is 1. The molecule has 0 bridgehead atoms. The third-order valence-corrected chi connectivity index (χ3v) is 5.79. The summed E-state index contributed by atoms with van der Waals surface area (Å²) in [6.45, 7) is 1.81. The summed E-state index contributed by atoms with van der Waals surface area (Å²) in [4.78, 5) is 34.1. The highest BCUT2D eigenvalue weighted by Crippen LogP contribution is 2.28. The number of anilines is 2. The van der Waals surface area contributed by atoms with Crippen LogP contribution in [0.4, 0.5) is 33.7 Å². The zero-order valence-corrected chi connectivity index (χ0v) is 19.5. The predicted molar refractivity (Wildman–Crippen MR) is 130 cm³/mol. The van der Waals surface area contributed by atoms with Gasteiger partial charge in [0.1, 0.15) is 11.9 Å². The number of aromatic nitrogens is 2. The van der Waals surface area contributed by atoms with Crippen molar-refractivity contribution in [3.05, 3.63) is 94.8 Å². The summed E-state index contributed by atoms with van der Waals surface area (Å²) in [7, 11) is 0. The van der Waals surface area contributed by atoms with Crippen LogP contribution in [-0.4, -0.2) is 41.5 Å². The molecule has 2 heterocycles. The number of nitrogens with one attached hydrogen (secondary N) is 3. The number of halogens is 4. The molecule has 1 aliphatic rings. The van der Waals surface area contributed by atoms with Crippen LogP contribution in [0, 0.1) is 23.3 Å². The van der Waals surface area contributed by atoms with Gasteiger partial charge in [-0.15, -0.1) is 0 Å². The number of ketones is 1. The Hall–Kier alpha value is -4.42. The fourth-order valence-corrected chi connectivity index (χ4v) is 3.97. The van der Waals surface area contributed by atoms with E-state index in [0.717, 1.165) is 18.7 Å². The molecule has 2 amide bonds. The smallest absolute Gasteiger partial charge is 0.323 e. The Balaban J connectivity index is 1.41. The van der Waals surface area contributed by atoms with E-state index in [1.807, 2.05) is 5.32 Å². The first kappa shape index (κ1) is 25.2. The molecule has 4 aromatic rings. The van der Waals surface area contributed by atoms with Gasteiger partial charge in [-0.2, -0.15) is 0 Å². The van der Waals surface area contributed by atoms with E-state index < -0.39 is 46.3 Å². The lowest BCUT2D eigenvalue weighted by Gasteiger charge is -2.22. The zero-order valence-electron chi connectivity index (χ0n) is 19.5. The maximum Gasteiger partial charge on any atom is 0.323 e. The molecule has 5 rings (SSSR count). The van der Waals surface area contributed by atoms with Crippen molar-refractivity contribution in [1.29, 1.82) is 0 Å². The van der Waals surface area contributed by atoms with Gasteiger partial charge in [0.25, 0.3) is 0 Å². The van der Waals surface area contributed by atoms with Gasteiger partial charge in [-0.1, -0.05) is 6.07 Å². The van der Waals surface area contributed by atoms with Gasteiger partial charge < -0.3 is 20.7 Å². The van der Waals surface area contributed by atoms with Crippen LogP contribution in [0.2, 0.25) is 0 Å². The van der Waals surface area contributed by atoms with Crippen LogP contribution < -0.4 is 16.0 Å². The first-order chi connectivity index (χ1) is 18.3. The average molecular weight is 525 g/mol. The zero-order chi connectivity index (χ0) is 26.8. The van der Waals surface area contributed by atoms with Gasteiger partial charge in [0.05, 0.1) is 40.8 Å². The number of fused-ring (bicyclic) bond motifs is 1. The number of ether oxygens (including phenoxy) is 1. The van der Waals surface area contributed by atoms with Crippen LogP contribution >= 0.6 is 0 Å². The van der Waals surface area contributed by atoms with E-state index in [4.69, 9.17) is 4.74 Å². The lowest BCUT2D eigenvalue weighted by Crippen LogP contribution is -2.33. The number of carbonyl (C=O) groups is 2. The largest absolute Gasteiger partial charge is 0.369 e. The number of nitrogens with zero attached hydrogens (tertiary/aromatic N) is 2. The molecule has 1 aromatic heterocycles. The Kier molecular flexibility index (Phi) is 6.99. The van der Waals surface area contributed by atoms with Gasteiger partial charge in [-0.25, -0.2) is 27.3 Å². The lowest BCUT2D eigenvalue weighted by atomic mass is 10.0. The quantitative estimate of drug-likeness (QED) is 0.198. The molecule has 3 aromatic carbocycles.